The normalized spacial score (nSPS) is 1.25. The first-order valence-corrected chi connectivity index (χ1v) is 0.561. The van der Waals surface area contributed by atoms with Crippen molar-refractivity contribution >= 4 is 18.9 Å². The van der Waals surface area contributed by atoms with Crippen LogP contribution in [0.25, 0.3) is 0 Å². The molecule has 0 amide bonds. The molecule has 4 heavy (non-hydrogen) atoms. The monoisotopic (exact) mass is 133 g/mol. The van der Waals surface area contributed by atoms with Crippen LogP contribution in [0.4, 0.5) is 0 Å². The standard InChI is InChI=1S/Co.Li.O.V. The van der Waals surface area contributed by atoms with Crippen molar-refractivity contribution in [1.82, 2.24) is 0 Å². The van der Waals surface area contributed by atoms with E-state index in [1.165, 1.54) is 0 Å². The molecule has 0 spiro atoms. The molecule has 1 nitrogen and oxygen atoms in total. The summed E-state index contributed by atoms with van der Waals surface area (Å²) >= 11 is 2.31. The van der Waals surface area contributed by atoms with Crippen LogP contribution in [-0.2, 0) is 38.1 Å². The molecule has 0 aliphatic heterocycles. The summed E-state index contributed by atoms with van der Waals surface area (Å²) in [5, 5.41) is 0. The minimum atomic E-state index is 0. The minimum absolute atomic E-state index is 0. The van der Waals surface area contributed by atoms with Crippen LogP contribution >= 0.6 is 0 Å². The first kappa shape index (κ1) is 17.9. The molecule has 0 aromatic heterocycles. The smallest absolute Gasteiger partial charge is 0 e. The van der Waals surface area contributed by atoms with Crippen LogP contribution in [0.2, 0.25) is 0 Å². The molecule has 0 aromatic rings. The van der Waals surface area contributed by atoms with E-state index in [4.69, 9.17) is 3.87 Å². The van der Waals surface area contributed by atoms with Crippen LogP contribution in [0.1, 0.15) is 0 Å². The van der Waals surface area contributed by atoms with Crippen LogP contribution in [0.5, 0.6) is 0 Å². The largest absolute Gasteiger partial charge is 0 e. The predicted octanol–water partition coefficient (Wildman–Crippen LogP) is -0.505. The van der Waals surface area contributed by atoms with E-state index in [1.54, 1.807) is 0 Å². The predicted molar refractivity (Wildman–Crippen MR) is 6.44 cm³/mol. The van der Waals surface area contributed by atoms with Crippen molar-refractivity contribution in [3.05, 3.63) is 0 Å². The zero-order valence-electron chi connectivity index (χ0n) is 2.19. The molecule has 0 N–H and O–H groups in total. The van der Waals surface area contributed by atoms with Gasteiger partial charge in [0.25, 0.3) is 0 Å². The van der Waals surface area contributed by atoms with Crippen molar-refractivity contribution in [2.45, 2.75) is 0 Å². The molecule has 0 heterocycles. The number of hydrogen-bond acceptors (Lipinski definition) is 1. The van der Waals surface area contributed by atoms with Gasteiger partial charge in [-0.05, 0) is 0 Å². The van der Waals surface area contributed by atoms with E-state index in [-0.39, 0.29) is 37.4 Å². The summed E-state index contributed by atoms with van der Waals surface area (Å²) in [6, 6.07) is 0. The summed E-state index contributed by atoms with van der Waals surface area (Å²) in [5.41, 5.74) is 0. The summed E-state index contributed by atoms with van der Waals surface area (Å²) in [6.07, 6.45) is 0. The fourth-order valence-corrected chi connectivity index (χ4v) is 0. The maximum absolute atomic E-state index is 7.94. The summed E-state index contributed by atoms with van der Waals surface area (Å²) in [6.45, 7) is 0. The minimum Gasteiger partial charge on any atom is 0 e. The maximum atomic E-state index is 7.94. The van der Waals surface area contributed by atoms with Gasteiger partial charge in [-0.3, -0.25) is 0 Å². The van der Waals surface area contributed by atoms with Gasteiger partial charge < -0.3 is 0 Å². The molecule has 0 fully saturated rings. The van der Waals surface area contributed by atoms with Gasteiger partial charge >= 0.3 is 19.5 Å². The Bertz CT molecular complexity index is 8.00. The third kappa shape index (κ3) is 9.75. The van der Waals surface area contributed by atoms with Crippen molar-refractivity contribution in [3.63, 3.8) is 0 Å². The van der Waals surface area contributed by atoms with Crippen molar-refractivity contribution in [2.75, 3.05) is 0 Å². The molecular formula is CoLiOV. The van der Waals surface area contributed by atoms with Crippen molar-refractivity contribution < 1.29 is 38.1 Å². The zero-order chi connectivity index (χ0) is 2.00. The van der Waals surface area contributed by atoms with Crippen LogP contribution in [0, 0.1) is 0 Å². The second-order valence-corrected chi connectivity index (χ2v) is 0. The van der Waals surface area contributed by atoms with Gasteiger partial charge in [-0.25, -0.2) is 0 Å². The Labute approximate surface area is 56.8 Å². The Balaban J connectivity index is -0.00000000500. The SMILES string of the molecule is [Li].[O]=[Co].[V]. The third-order valence-electron chi connectivity index (χ3n) is 0. The molecule has 0 rings (SSSR count). The van der Waals surface area contributed by atoms with E-state index in [2.05, 4.69) is 15.7 Å². The topological polar surface area (TPSA) is 17.1 Å². The van der Waals surface area contributed by atoms with E-state index in [0.717, 1.165) is 0 Å². The quantitative estimate of drug-likeness (QED) is 0.407. The molecule has 4 heteroatoms. The number of rotatable bonds is 0. The fraction of sp³-hybridized carbons (Fsp3) is 0. The summed E-state index contributed by atoms with van der Waals surface area (Å²) in [7, 11) is 0. The van der Waals surface area contributed by atoms with Gasteiger partial charge in [0.2, 0.25) is 0 Å². The average molecular weight is 133 g/mol. The van der Waals surface area contributed by atoms with Gasteiger partial charge in [-0.15, -0.1) is 0 Å². The van der Waals surface area contributed by atoms with Crippen molar-refractivity contribution in [2.24, 2.45) is 0 Å². The fourth-order valence-electron chi connectivity index (χ4n) is 0. The number of hydrogen-bond donors (Lipinski definition) is 0. The van der Waals surface area contributed by atoms with E-state index in [1.807, 2.05) is 0 Å². The van der Waals surface area contributed by atoms with E-state index in [0.29, 0.717) is 0 Å². The summed E-state index contributed by atoms with van der Waals surface area (Å²) < 4.78 is 7.94. The average Bonchev–Trinajstić information content (AvgIpc) is 1.00. The van der Waals surface area contributed by atoms with Gasteiger partial charge in [0, 0.05) is 37.4 Å². The van der Waals surface area contributed by atoms with E-state index < -0.39 is 0 Å². The Morgan fingerprint density at radius 3 is 1.25 bits per heavy atom. The first-order chi connectivity index (χ1) is 1.00. The second kappa shape index (κ2) is 24.7. The van der Waals surface area contributed by atoms with Gasteiger partial charge in [-0.2, -0.15) is 0 Å². The van der Waals surface area contributed by atoms with Crippen molar-refractivity contribution in [1.29, 1.82) is 0 Å². The molecule has 0 bridgehead atoms. The Morgan fingerprint density at radius 1 is 1.25 bits per heavy atom. The van der Waals surface area contributed by atoms with Gasteiger partial charge in [-0.1, -0.05) is 0 Å². The summed E-state index contributed by atoms with van der Waals surface area (Å²) in [4.78, 5) is 0. The van der Waals surface area contributed by atoms with Gasteiger partial charge in [0.1, 0.15) is 0 Å². The van der Waals surface area contributed by atoms with E-state index in [9.17, 15) is 0 Å². The Hall–Kier alpha value is 1.49. The molecule has 0 saturated heterocycles. The molecule has 0 atom stereocenters. The van der Waals surface area contributed by atoms with E-state index >= 15 is 0 Å². The molecule has 0 aliphatic carbocycles. The maximum Gasteiger partial charge on any atom is 0 e. The Kier molecular flexibility index (Phi) is 110. The molecule has 0 unspecified atom stereocenters. The molecule has 0 saturated carbocycles. The summed E-state index contributed by atoms with van der Waals surface area (Å²) in [5.74, 6) is 0. The van der Waals surface area contributed by atoms with Crippen LogP contribution in [-0.4, -0.2) is 18.9 Å². The van der Waals surface area contributed by atoms with Crippen LogP contribution in [0.3, 0.4) is 0 Å². The van der Waals surface area contributed by atoms with Gasteiger partial charge in [0.05, 0.1) is 0 Å². The molecular weight excluding hydrogens is 133 g/mol. The third-order valence-corrected chi connectivity index (χ3v) is 0. The van der Waals surface area contributed by atoms with Gasteiger partial charge in [0.15, 0.2) is 0 Å². The molecule has 21 valence electrons. The second-order valence-electron chi connectivity index (χ2n) is 0. The molecule has 0 aromatic carbocycles. The molecule has 0 aliphatic rings. The van der Waals surface area contributed by atoms with Crippen LogP contribution < -0.4 is 0 Å². The Morgan fingerprint density at radius 2 is 1.25 bits per heavy atom. The van der Waals surface area contributed by atoms with Crippen LogP contribution in [0.15, 0.2) is 0 Å². The molecule has 2 radical (unpaired) electrons. The van der Waals surface area contributed by atoms with Crippen molar-refractivity contribution in [3.8, 4) is 0 Å². The first-order valence-electron chi connectivity index (χ1n) is 0.136. The zero-order valence-corrected chi connectivity index (χ0v) is 4.63.